The minimum absolute atomic E-state index is 0.0184. The predicted octanol–water partition coefficient (Wildman–Crippen LogP) is 3.22. The Balaban J connectivity index is 1.40. The molecule has 0 radical (unpaired) electrons. The molecular formula is C27H29F3N4O5S. The Hall–Kier alpha value is -3.68. The number of furan rings is 1. The molecule has 2 aromatic carbocycles. The number of carbonyl (C=O) groups excluding carboxylic acids is 2. The molecule has 13 heteroatoms. The van der Waals surface area contributed by atoms with Crippen molar-refractivity contribution in [2.45, 2.75) is 36.4 Å². The lowest BCUT2D eigenvalue weighted by molar-refractivity contribution is -0.137. The van der Waals surface area contributed by atoms with Crippen molar-refractivity contribution in [3.8, 4) is 11.3 Å². The van der Waals surface area contributed by atoms with Gasteiger partial charge in [-0.05, 0) is 69.3 Å². The monoisotopic (exact) mass is 578 g/mol. The second-order valence-corrected chi connectivity index (χ2v) is 11.3. The van der Waals surface area contributed by atoms with Crippen molar-refractivity contribution in [1.82, 2.24) is 20.7 Å². The van der Waals surface area contributed by atoms with Crippen molar-refractivity contribution in [3.63, 3.8) is 0 Å². The van der Waals surface area contributed by atoms with E-state index in [9.17, 15) is 31.2 Å². The Bertz CT molecular complexity index is 1460. The third kappa shape index (κ3) is 6.90. The number of sulfonamides is 1. The first-order valence-electron chi connectivity index (χ1n) is 12.5. The van der Waals surface area contributed by atoms with E-state index in [2.05, 4.69) is 20.7 Å². The van der Waals surface area contributed by atoms with Crippen LogP contribution in [0.1, 0.15) is 34.5 Å². The maximum absolute atomic E-state index is 13.2. The SMILES string of the molecule is Cc1ccc(S(=O)(=O)NCCNC(=O)C2(NC(=O)c3ccc(-c4cccc(C(F)(F)F)c4)o3)CCNCC2)cc1. The molecule has 4 N–H and O–H groups in total. The van der Waals surface area contributed by atoms with Gasteiger partial charge in [-0.25, -0.2) is 13.1 Å². The van der Waals surface area contributed by atoms with Crippen LogP contribution in [0.3, 0.4) is 0 Å². The first kappa shape index (κ1) is 29.3. The van der Waals surface area contributed by atoms with Gasteiger partial charge in [-0.1, -0.05) is 29.8 Å². The van der Waals surface area contributed by atoms with Gasteiger partial charge in [0, 0.05) is 18.7 Å². The summed E-state index contributed by atoms with van der Waals surface area (Å²) in [6.45, 7) is 2.65. The molecule has 214 valence electrons. The molecule has 4 rings (SSSR count). The van der Waals surface area contributed by atoms with Crippen molar-refractivity contribution in [3.05, 3.63) is 77.6 Å². The minimum Gasteiger partial charge on any atom is -0.451 e. The van der Waals surface area contributed by atoms with Crippen LogP contribution in [0.4, 0.5) is 13.2 Å². The smallest absolute Gasteiger partial charge is 0.416 e. The van der Waals surface area contributed by atoms with Crippen LogP contribution >= 0.6 is 0 Å². The predicted molar refractivity (Wildman–Crippen MR) is 141 cm³/mol. The Kier molecular flexibility index (Phi) is 8.66. The summed E-state index contributed by atoms with van der Waals surface area (Å²) < 4.78 is 72.2. The van der Waals surface area contributed by atoms with E-state index in [0.29, 0.717) is 13.1 Å². The number of halogens is 3. The standard InChI is InChI=1S/C27H29F3N4O5S/c1-18-5-7-21(8-6-18)40(37,38)33-16-15-32-25(36)26(11-13-31-14-12-26)34-24(35)23-10-9-22(39-23)19-3-2-4-20(17-19)27(28,29)30/h2-10,17,31,33H,11-16H2,1H3,(H,32,36)(H,34,35). The molecule has 0 bridgehead atoms. The number of rotatable bonds is 9. The Morgan fingerprint density at radius 1 is 1.00 bits per heavy atom. The molecule has 9 nitrogen and oxygen atoms in total. The van der Waals surface area contributed by atoms with E-state index in [1.54, 1.807) is 12.1 Å². The summed E-state index contributed by atoms with van der Waals surface area (Å²) in [5, 5.41) is 8.54. The maximum Gasteiger partial charge on any atom is 0.416 e. The van der Waals surface area contributed by atoms with E-state index in [1.807, 2.05) is 6.92 Å². The van der Waals surface area contributed by atoms with Gasteiger partial charge in [0.05, 0.1) is 10.5 Å². The zero-order valence-corrected chi connectivity index (χ0v) is 22.4. The van der Waals surface area contributed by atoms with Crippen molar-refractivity contribution < 1.29 is 35.6 Å². The summed E-state index contributed by atoms with van der Waals surface area (Å²) in [7, 11) is -3.76. The van der Waals surface area contributed by atoms with Crippen molar-refractivity contribution in [1.29, 1.82) is 0 Å². The highest BCUT2D eigenvalue weighted by molar-refractivity contribution is 7.89. The molecule has 0 aliphatic carbocycles. The lowest BCUT2D eigenvalue weighted by Gasteiger charge is -2.36. The van der Waals surface area contributed by atoms with Crippen LogP contribution in [-0.2, 0) is 21.0 Å². The van der Waals surface area contributed by atoms with Gasteiger partial charge in [0.25, 0.3) is 5.91 Å². The molecule has 1 saturated heterocycles. The van der Waals surface area contributed by atoms with Gasteiger partial charge in [-0.3, -0.25) is 9.59 Å². The van der Waals surface area contributed by atoms with Crippen LogP contribution < -0.4 is 20.7 Å². The Morgan fingerprint density at radius 2 is 1.70 bits per heavy atom. The minimum atomic E-state index is -4.53. The molecule has 2 amide bonds. The van der Waals surface area contributed by atoms with E-state index in [0.717, 1.165) is 17.7 Å². The topological polar surface area (TPSA) is 130 Å². The molecule has 3 aromatic rings. The number of benzene rings is 2. The highest BCUT2D eigenvalue weighted by Crippen LogP contribution is 2.33. The third-order valence-corrected chi connectivity index (χ3v) is 8.06. The van der Waals surface area contributed by atoms with Crippen LogP contribution in [0.5, 0.6) is 0 Å². The van der Waals surface area contributed by atoms with Crippen LogP contribution in [0, 0.1) is 6.92 Å². The van der Waals surface area contributed by atoms with Gasteiger partial charge in [0.15, 0.2) is 5.76 Å². The number of alkyl halides is 3. The summed E-state index contributed by atoms with van der Waals surface area (Å²) in [5.74, 6) is -1.28. The fourth-order valence-electron chi connectivity index (χ4n) is 4.34. The fourth-order valence-corrected chi connectivity index (χ4v) is 5.37. The van der Waals surface area contributed by atoms with E-state index in [1.165, 1.54) is 36.4 Å². The third-order valence-electron chi connectivity index (χ3n) is 6.58. The average molecular weight is 579 g/mol. The Labute approximate surface area is 229 Å². The molecule has 1 fully saturated rings. The molecule has 40 heavy (non-hydrogen) atoms. The van der Waals surface area contributed by atoms with Crippen molar-refractivity contribution in [2.75, 3.05) is 26.2 Å². The number of hydrogen-bond acceptors (Lipinski definition) is 6. The normalized spacial score (nSPS) is 15.4. The summed E-state index contributed by atoms with van der Waals surface area (Å²) in [6, 6.07) is 13.6. The van der Waals surface area contributed by atoms with Crippen LogP contribution in [0.15, 0.2) is 70.0 Å². The zero-order valence-electron chi connectivity index (χ0n) is 21.6. The number of amides is 2. The largest absolute Gasteiger partial charge is 0.451 e. The van der Waals surface area contributed by atoms with Gasteiger partial charge in [-0.2, -0.15) is 13.2 Å². The zero-order chi connectivity index (χ0) is 29.0. The van der Waals surface area contributed by atoms with Gasteiger partial charge < -0.3 is 20.4 Å². The number of carbonyl (C=O) groups is 2. The fraction of sp³-hybridized carbons (Fsp3) is 0.333. The van der Waals surface area contributed by atoms with E-state index < -0.39 is 39.1 Å². The molecular weight excluding hydrogens is 549 g/mol. The van der Waals surface area contributed by atoms with E-state index in [-0.39, 0.29) is 47.9 Å². The second kappa shape index (κ2) is 11.8. The number of nitrogens with one attached hydrogen (secondary N) is 4. The lowest BCUT2D eigenvalue weighted by Crippen LogP contribution is -2.63. The van der Waals surface area contributed by atoms with Gasteiger partial charge in [0.2, 0.25) is 15.9 Å². The molecule has 0 spiro atoms. The molecule has 0 saturated carbocycles. The molecule has 0 atom stereocenters. The summed E-state index contributed by atoms with van der Waals surface area (Å²) in [5.41, 5.74) is -1.07. The quantitative estimate of drug-likeness (QED) is 0.289. The van der Waals surface area contributed by atoms with Crippen LogP contribution in [0.2, 0.25) is 0 Å². The van der Waals surface area contributed by atoms with E-state index in [4.69, 9.17) is 4.42 Å². The summed E-state index contributed by atoms with van der Waals surface area (Å²) >= 11 is 0. The molecule has 1 aliphatic rings. The molecule has 0 unspecified atom stereocenters. The summed E-state index contributed by atoms with van der Waals surface area (Å²) in [6.07, 6.45) is -4.00. The Morgan fingerprint density at radius 3 is 2.38 bits per heavy atom. The average Bonchev–Trinajstić information content (AvgIpc) is 3.42. The van der Waals surface area contributed by atoms with Crippen molar-refractivity contribution in [2.24, 2.45) is 0 Å². The van der Waals surface area contributed by atoms with Crippen LogP contribution in [-0.4, -0.2) is 52.0 Å². The van der Waals surface area contributed by atoms with Crippen LogP contribution in [0.25, 0.3) is 11.3 Å². The lowest BCUT2D eigenvalue weighted by atomic mass is 9.87. The summed E-state index contributed by atoms with van der Waals surface area (Å²) in [4.78, 5) is 26.4. The molecule has 1 aromatic heterocycles. The highest BCUT2D eigenvalue weighted by atomic mass is 32.2. The molecule has 2 heterocycles. The van der Waals surface area contributed by atoms with Gasteiger partial charge >= 0.3 is 6.18 Å². The van der Waals surface area contributed by atoms with Gasteiger partial charge in [-0.15, -0.1) is 0 Å². The molecule has 1 aliphatic heterocycles. The maximum atomic E-state index is 13.2. The van der Waals surface area contributed by atoms with E-state index >= 15 is 0 Å². The number of aryl methyl sites for hydroxylation is 1. The first-order chi connectivity index (χ1) is 18.9. The first-order valence-corrected chi connectivity index (χ1v) is 14.0. The second-order valence-electron chi connectivity index (χ2n) is 9.50. The number of hydrogen-bond donors (Lipinski definition) is 4. The van der Waals surface area contributed by atoms with Gasteiger partial charge in [0.1, 0.15) is 11.3 Å². The highest BCUT2D eigenvalue weighted by Gasteiger charge is 2.41. The van der Waals surface area contributed by atoms with Crippen molar-refractivity contribution >= 4 is 21.8 Å². The number of piperidine rings is 1.